The predicted octanol–water partition coefficient (Wildman–Crippen LogP) is 0.977. The lowest BCUT2D eigenvalue weighted by Crippen LogP contribution is -2.26. The Hall–Kier alpha value is -2.67. The number of carbonyl (C=O) groups is 1. The van der Waals surface area contributed by atoms with E-state index in [4.69, 9.17) is 16.2 Å². The molecule has 23 heavy (non-hydrogen) atoms. The number of nitrogens with zero attached hydrogens (tertiary/aromatic N) is 3. The second-order valence-corrected chi connectivity index (χ2v) is 5.23. The molecule has 0 saturated heterocycles. The normalized spacial score (nSPS) is 10.4. The van der Waals surface area contributed by atoms with Crippen LogP contribution >= 0.6 is 0 Å². The summed E-state index contributed by atoms with van der Waals surface area (Å²) < 4.78 is 5.56. The van der Waals surface area contributed by atoms with E-state index in [1.54, 1.807) is 36.5 Å². The van der Waals surface area contributed by atoms with Crippen molar-refractivity contribution >= 4 is 11.9 Å². The fourth-order valence-corrected chi connectivity index (χ4v) is 2.07. The predicted molar refractivity (Wildman–Crippen MR) is 88.0 cm³/mol. The molecule has 0 aliphatic heterocycles. The summed E-state index contributed by atoms with van der Waals surface area (Å²) in [7, 11) is 1.72. The fourth-order valence-electron chi connectivity index (χ4n) is 2.07. The summed E-state index contributed by atoms with van der Waals surface area (Å²) in [5.74, 6) is 0.771. The Morgan fingerprint density at radius 2 is 2.00 bits per heavy atom. The fraction of sp³-hybridized carbons (Fsp3) is 0.312. The maximum Gasteiger partial charge on any atom is 0.254 e. The molecule has 1 heterocycles. The molecule has 0 aliphatic rings. The first-order valence-electron chi connectivity index (χ1n) is 7.26. The number of carbonyl (C=O) groups excluding carboxylic acids is 1. The largest absolute Gasteiger partial charge is 0.492 e. The van der Waals surface area contributed by atoms with Crippen molar-refractivity contribution in [3.63, 3.8) is 0 Å². The van der Waals surface area contributed by atoms with Crippen molar-refractivity contribution in [1.29, 1.82) is 0 Å². The molecule has 0 bridgehead atoms. The van der Waals surface area contributed by atoms with Crippen molar-refractivity contribution in [1.82, 2.24) is 14.9 Å². The van der Waals surface area contributed by atoms with Crippen molar-refractivity contribution in [2.75, 3.05) is 25.9 Å². The van der Waals surface area contributed by atoms with E-state index in [1.165, 1.54) is 0 Å². The van der Waals surface area contributed by atoms with Gasteiger partial charge in [0, 0.05) is 43.7 Å². The molecule has 1 aromatic carbocycles. The minimum Gasteiger partial charge on any atom is -0.492 e. The number of rotatable bonds is 6. The van der Waals surface area contributed by atoms with E-state index >= 15 is 0 Å². The van der Waals surface area contributed by atoms with Gasteiger partial charge < -0.3 is 21.1 Å². The first kappa shape index (κ1) is 16.7. The Bertz CT molecular complexity index is 673. The van der Waals surface area contributed by atoms with E-state index in [-0.39, 0.29) is 11.9 Å². The molecular formula is C16H21N5O2. The summed E-state index contributed by atoms with van der Waals surface area (Å²) in [6.45, 7) is 3.16. The Morgan fingerprint density at radius 1 is 1.30 bits per heavy atom. The van der Waals surface area contributed by atoms with E-state index < -0.39 is 0 Å². The van der Waals surface area contributed by atoms with E-state index in [9.17, 15) is 4.79 Å². The summed E-state index contributed by atoms with van der Waals surface area (Å²) in [5.41, 5.74) is 13.2. The number of aryl methyl sites for hydroxylation is 1. The average Bonchev–Trinajstić information content (AvgIpc) is 2.55. The molecule has 122 valence electrons. The number of hydrogen-bond donors (Lipinski definition) is 2. The molecule has 0 fully saturated rings. The zero-order chi connectivity index (χ0) is 16.8. The van der Waals surface area contributed by atoms with Gasteiger partial charge in [0.05, 0.1) is 0 Å². The van der Waals surface area contributed by atoms with Crippen LogP contribution in [0.15, 0.2) is 30.6 Å². The van der Waals surface area contributed by atoms with Gasteiger partial charge in [0.15, 0.2) is 0 Å². The second-order valence-electron chi connectivity index (χ2n) is 5.23. The van der Waals surface area contributed by atoms with Gasteiger partial charge in [-0.1, -0.05) is 6.07 Å². The van der Waals surface area contributed by atoms with Gasteiger partial charge in [0.2, 0.25) is 5.95 Å². The van der Waals surface area contributed by atoms with Gasteiger partial charge in [-0.15, -0.1) is 0 Å². The monoisotopic (exact) mass is 315 g/mol. The summed E-state index contributed by atoms with van der Waals surface area (Å²) >= 11 is 0. The van der Waals surface area contributed by atoms with Crippen LogP contribution in [0.1, 0.15) is 21.5 Å². The molecule has 0 atom stereocenters. The van der Waals surface area contributed by atoms with Crippen LogP contribution in [0.4, 0.5) is 5.95 Å². The first-order valence-corrected chi connectivity index (χ1v) is 7.26. The van der Waals surface area contributed by atoms with E-state index in [2.05, 4.69) is 9.97 Å². The number of nitrogen functional groups attached to an aromatic ring is 1. The maximum atomic E-state index is 12.5. The number of anilines is 1. The highest BCUT2D eigenvalue weighted by molar-refractivity contribution is 5.94. The molecule has 0 aliphatic carbocycles. The van der Waals surface area contributed by atoms with Crippen molar-refractivity contribution in [2.45, 2.75) is 13.5 Å². The van der Waals surface area contributed by atoms with Gasteiger partial charge in [0.1, 0.15) is 12.4 Å². The Morgan fingerprint density at radius 3 is 2.65 bits per heavy atom. The third-order valence-electron chi connectivity index (χ3n) is 3.30. The smallest absolute Gasteiger partial charge is 0.254 e. The van der Waals surface area contributed by atoms with E-state index in [0.717, 1.165) is 11.1 Å². The van der Waals surface area contributed by atoms with Crippen LogP contribution in [0.3, 0.4) is 0 Å². The lowest BCUT2D eigenvalue weighted by Gasteiger charge is -2.18. The first-order chi connectivity index (χ1) is 11.0. The van der Waals surface area contributed by atoms with Crippen LogP contribution in [-0.4, -0.2) is 41.0 Å². The SMILES string of the molecule is Cc1ccc(C(=O)N(C)Cc2cnc(N)nc2)cc1OCCN. The quantitative estimate of drug-likeness (QED) is 0.822. The van der Waals surface area contributed by atoms with Crippen LogP contribution in [0.2, 0.25) is 0 Å². The molecule has 4 N–H and O–H groups in total. The molecule has 7 heteroatoms. The zero-order valence-electron chi connectivity index (χ0n) is 13.3. The summed E-state index contributed by atoms with van der Waals surface area (Å²) in [5, 5.41) is 0. The number of nitrogens with two attached hydrogens (primary N) is 2. The highest BCUT2D eigenvalue weighted by atomic mass is 16.5. The van der Waals surface area contributed by atoms with Gasteiger partial charge >= 0.3 is 0 Å². The lowest BCUT2D eigenvalue weighted by molar-refractivity contribution is 0.0784. The number of aromatic nitrogens is 2. The Balaban J connectivity index is 2.10. The second kappa shape index (κ2) is 7.55. The van der Waals surface area contributed by atoms with Gasteiger partial charge in [-0.05, 0) is 24.6 Å². The minimum absolute atomic E-state index is 0.112. The molecule has 7 nitrogen and oxygen atoms in total. The summed E-state index contributed by atoms with van der Waals surface area (Å²) in [6.07, 6.45) is 3.22. The van der Waals surface area contributed by atoms with Crippen LogP contribution in [0, 0.1) is 6.92 Å². The summed E-state index contributed by atoms with van der Waals surface area (Å²) in [4.78, 5) is 22.0. The molecule has 2 rings (SSSR count). The third-order valence-corrected chi connectivity index (χ3v) is 3.30. The van der Waals surface area contributed by atoms with Crippen molar-refractivity contribution in [3.05, 3.63) is 47.3 Å². The van der Waals surface area contributed by atoms with Gasteiger partial charge in [-0.2, -0.15) is 0 Å². The van der Waals surface area contributed by atoms with Gasteiger partial charge in [0.25, 0.3) is 5.91 Å². The van der Waals surface area contributed by atoms with Crippen LogP contribution in [-0.2, 0) is 6.54 Å². The zero-order valence-corrected chi connectivity index (χ0v) is 13.3. The number of benzene rings is 1. The molecule has 0 spiro atoms. The van der Waals surface area contributed by atoms with Gasteiger partial charge in [-0.3, -0.25) is 4.79 Å². The standard InChI is InChI=1S/C16H21N5O2/c1-11-3-4-13(7-14(11)23-6-5-17)15(22)21(2)10-12-8-19-16(18)20-9-12/h3-4,7-9H,5-6,10,17H2,1-2H3,(H2,18,19,20). The minimum atomic E-state index is -0.112. The Kier molecular flexibility index (Phi) is 5.48. The highest BCUT2D eigenvalue weighted by Crippen LogP contribution is 2.20. The molecule has 0 radical (unpaired) electrons. The van der Waals surface area contributed by atoms with Gasteiger partial charge in [-0.25, -0.2) is 9.97 Å². The Labute approximate surface area is 135 Å². The summed E-state index contributed by atoms with van der Waals surface area (Å²) in [6, 6.07) is 5.38. The number of amides is 1. The molecule has 1 amide bonds. The van der Waals surface area contributed by atoms with Crippen molar-refractivity contribution in [3.8, 4) is 5.75 Å². The molecule has 0 unspecified atom stereocenters. The van der Waals surface area contributed by atoms with Crippen LogP contribution in [0.25, 0.3) is 0 Å². The highest BCUT2D eigenvalue weighted by Gasteiger charge is 2.14. The average molecular weight is 315 g/mol. The van der Waals surface area contributed by atoms with Crippen molar-refractivity contribution < 1.29 is 9.53 Å². The molecule has 2 aromatic rings. The van der Waals surface area contributed by atoms with Crippen LogP contribution < -0.4 is 16.2 Å². The molecule has 0 saturated carbocycles. The molecule has 1 aromatic heterocycles. The van der Waals surface area contributed by atoms with E-state index in [1.807, 2.05) is 13.0 Å². The lowest BCUT2D eigenvalue weighted by atomic mass is 10.1. The van der Waals surface area contributed by atoms with Crippen LogP contribution in [0.5, 0.6) is 5.75 Å². The number of ether oxygens (including phenoxy) is 1. The van der Waals surface area contributed by atoms with E-state index in [0.29, 0.717) is 31.0 Å². The maximum absolute atomic E-state index is 12.5. The topological polar surface area (TPSA) is 107 Å². The molecular weight excluding hydrogens is 294 g/mol. The number of hydrogen-bond acceptors (Lipinski definition) is 6. The third kappa shape index (κ3) is 4.40. The van der Waals surface area contributed by atoms with Crippen molar-refractivity contribution in [2.24, 2.45) is 5.73 Å².